The van der Waals surface area contributed by atoms with E-state index in [4.69, 9.17) is 10.2 Å². The molecule has 1 aromatic carbocycles. The van der Waals surface area contributed by atoms with E-state index in [9.17, 15) is 13.2 Å². The standard InChI is InChI=1S/C11H15NO5S/c13-10(11(14)15)6-7-12-18(16,17)8-9-4-2-1-3-5-9/h1-5,10,12-13H,6-8H2,(H,14,15)/t10-/m0/s1. The Morgan fingerprint density at radius 1 is 1.28 bits per heavy atom. The minimum atomic E-state index is -3.51. The quantitative estimate of drug-likeness (QED) is 0.646. The predicted molar refractivity (Wildman–Crippen MR) is 65.3 cm³/mol. The van der Waals surface area contributed by atoms with E-state index in [-0.39, 0.29) is 18.7 Å². The maximum absolute atomic E-state index is 11.6. The van der Waals surface area contributed by atoms with Gasteiger partial charge in [-0.25, -0.2) is 17.9 Å². The highest BCUT2D eigenvalue weighted by Crippen LogP contribution is 2.04. The van der Waals surface area contributed by atoms with E-state index in [0.717, 1.165) is 0 Å². The van der Waals surface area contributed by atoms with Crippen molar-refractivity contribution in [3.8, 4) is 0 Å². The van der Waals surface area contributed by atoms with Crippen LogP contribution in [0, 0.1) is 0 Å². The summed E-state index contributed by atoms with van der Waals surface area (Å²) in [5.41, 5.74) is 0.642. The minimum Gasteiger partial charge on any atom is -0.479 e. The molecule has 0 bridgehead atoms. The van der Waals surface area contributed by atoms with Crippen molar-refractivity contribution in [3.63, 3.8) is 0 Å². The molecule has 0 aliphatic heterocycles. The molecule has 0 amide bonds. The van der Waals surface area contributed by atoms with Crippen molar-refractivity contribution in [3.05, 3.63) is 35.9 Å². The van der Waals surface area contributed by atoms with Gasteiger partial charge in [-0.1, -0.05) is 30.3 Å². The zero-order chi connectivity index (χ0) is 13.6. The largest absolute Gasteiger partial charge is 0.479 e. The Morgan fingerprint density at radius 3 is 2.44 bits per heavy atom. The van der Waals surface area contributed by atoms with Crippen LogP contribution < -0.4 is 4.72 Å². The molecule has 1 rings (SSSR count). The number of hydrogen-bond acceptors (Lipinski definition) is 4. The Labute approximate surface area is 105 Å². The lowest BCUT2D eigenvalue weighted by Crippen LogP contribution is -2.30. The van der Waals surface area contributed by atoms with Crippen LogP contribution in [0.3, 0.4) is 0 Å². The van der Waals surface area contributed by atoms with E-state index in [2.05, 4.69) is 4.72 Å². The number of carbonyl (C=O) groups is 1. The molecular weight excluding hydrogens is 258 g/mol. The van der Waals surface area contributed by atoms with Crippen molar-refractivity contribution >= 4 is 16.0 Å². The van der Waals surface area contributed by atoms with Gasteiger partial charge in [0.2, 0.25) is 10.0 Å². The first-order chi connectivity index (χ1) is 8.41. The maximum Gasteiger partial charge on any atom is 0.332 e. The number of sulfonamides is 1. The number of aliphatic carboxylic acids is 1. The SMILES string of the molecule is O=C(O)[C@@H](O)CCNS(=O)(=O)Cc1ccccc1. The number of rotatable bonds is 7. The summed E-state index contributed by atoms with van der Waals surface area (Å²) < 4.78 is 25.5. The summed E-state index contributed by atoms with van der Waals surface area (Å²) in [6.07, 6.45) is -1.71. The Hall–Kier alpha value is -1.44. The summed E-state index contributed by atoms with van der Waals surface area (Å²) in [5, 5.41) is 17.4. The molecule has 0 aliphatic carbocycles. The Balaban J connectivity index is 2.44. The van der Waals surface area contributed by atoms with E-state index in [1.807, 2.05) is 0 Å². The summed E-state index contributed by atoms with van der Waals surface area (Å²) in [6.45, 7) is -0.108. The topological polar surface area (TPSA) is 104 Å². The van der Waals surface area contributed by atoms with Gasteiger partial charge in [-0.3, -0.25) is 0 Å². The van der Waals surface area contributed by atoms with Crippen LogP contribution >= 0.6 is 0 Å². The normalized spacial score (nSPS) is 13.2. The third-order valence-corrected chi connectivity index (χ3v) is 3.58. The average molecular weight is 273 g/mol. The van der Waals surface area contributed by atoms with Crippen LogP contribution in [0.2, 0.25) is 0 Å². The molecule has 0 radical (unpaired) electrons. The Kier molecular flexibility index (Phi) is 5.26. The lowest BCUT2D eigenvalue weighted by Gasteiger charge is -2.08. The van der Waals surface area contributed by atoms with Crippen molar-refractivity contribution in [2.24, 2.45) is 0 Å². The third-order valence-electron chi connectivity index (χ3n) is 2.22. The molecule has 0 aromatic heterocycles. The van der Waals surface area contributed by atoms with E-state index in [1.165, 1.54) is 0 Å². The summed E-state index contributed by atoms with van der Waals surface area (Å²) in [4.78, 5) is 10.3. The maximum atomic E-state index is 11.6. The first kappa shape index (κ1) is 14.6. The second-order valence-electron chi connectivity index (χ2n) is 3.78. The van der Waals surface area contributed by atoms with Gasteiger partial charge in [-0.05, 0) is 12.0 Å². The summed E-state index contributed by atoms with van der Waals surface area (Å²) in [7, 11) is -3.51. The summed E-state index contributed by atoms with van der Waals surface area (Å²) >= 11 is 0. The zero-order valence-corrected chi connectivity index (χ0v) is 10.4. The van der Waals surface area contributed by atoms with Gasteiger partial charge in [0, 0.05) is 6.54 Å². The number of aliphatic hydroxyl groups excluding tert-OH is 1. The lowest BCUT2D eigenvalue weighted by atomic mass is 10.2. The van der Waals surface area contributed by atoms with E-state index in [0.29, 0.717) is 5.56 Å². The molecule has 18 heavy (non-hydrogen) atoms. The molecule has 0 fully saturated rings. The molecule has 1 aromatic rings. The van der Waals surface area contributed by atoms with Gasteiger partial charge in [0.05, 0.1) is 5.75 Å². The van der Waals surface area contributed by atoms with Gasteiger partial charge in [0.15, 0.2) is 6.10 Å². The molecule has 6 nitrogen and oxygen atoms in total. The molecule has 0 saturated heterocycles. The third kappa shape index (κ3) is 5.26. The minimum absolute atomic E-state index is 0.108. The number of nitrogens with one attached hydrogen (secondary N) is 1. The van der Waals surface area contributed by atoms with Gasteiger partial charge in [0.1, 0.15) is 0 Å². The van der Waals surface area contributed by atoms with E-state index in [1.54, 1.807) is 30.3 Å². The van der Waals surface area contributed by atoms with E-state index >= 15 is 0 Å². The van der Waals surface area contributed by atoms with Crippen LogP contribution in [0.5, 0.6) is 0 Å². The van der Waals surface area contributed by atoms with Crippen LogP contribution in [-0.4, -0.2) is 37.2 Å². The monoisotopic (exact) mass is 273 g/mol. The molecule has 100 valence electrons. The highest BCUT2D eigenvalue weighted by Gasteiger charge is 2.15. The Morgan fingerprint density at radius 2 is 1.89 bits per heavy atom. The molecule has 0 saturated carbocycles. The number of aliphatic hydroxyl groups is 1. The lowest BCUT2D eigenvalue weighted by molar-refractivity contribution is -0.146. The van der Waals surface area contributed by atoms with Crippen LogP contribution in [0.15, 0.2) is 30.3 Å². The summed E-state index contributed by atoms with van der Waals surface area (Å²) in [5.74, 6) is -1.53. The molecule has 1 atom stereocenters. The van der Waals surface area contributed by atoms with Crippen molar-refractivity contribution in [2.75, 3.05) is 6.54 Å². The Bertz CT molecular complexity index is 485. The molecule has 0 aliphatic rings. The molecule has 0 heterocycles. The second kappa shape index (κ2) is 6.48. The predicted octanol–water partition coefficient (Wildman–Crippen LogP) is -0.0584. The molecule has 7 heteroatoms. The van der Waals surface area contributed by atoms with Crippen molar-refractivity contribution in [1.29, 1.82) is 0 Å². The smallest absolute Gasteiger partial charge is 0.332 e. The number of carboxylic acid groups (broad SMARTS) is 1. The first-order valence-electron chi connectivity index (χ1n) is 5.33. The van der Waals surface area contributed by atoms with Crippen molar-refractivity contribution in [2.45, 2.75) is 18.3 Å². The van der Waals surface area contributed by atoms with Gasteiger partial charge in [0.25, 0.3) is 0 Å². The fourth-order valence-electron chi connectivity index (χ4n) is 1.32. The van der Waals surface area contributed by atoms with Gasteiger partial charge >= 0.3 is 5.97 Å². The van der Waals surface area contributed by atoms with E-state index < -0.39 is 22.1 Å². The molecule has 0 spiro atoms. The fourth-order valence-corrected chi connectivity index (χ4v) is 2.48. The highest BCUT2D eigenvalue weighted by atomic mass is 32.2. The van der Waals surface area contributed by atoms with Crippen LogP contribution in [0.4, 0.5) is 0 Å². The van der Waals surface area contributed by atoms with Gasteiger partial charge in [-0.2, -0.15) is 0 Å². The van der Waals surface area contributed by atoms with Crippen molar-refractivity contribution < 1.29 is 23.4 Å². The number of carboxylic acids is 1. The van der Waals surface area contributed by atoms with Gasteiger partial charge < -0.3 is 10.2 Å². The molecular formula is C11H15NO5S. The van der Waals surface area contributed by atoms with Gasteiger partial charge in [-0.15, -0.1) is 0 Å². The molecule has 3 N–H and O–H groups in total. The summed E-state index contributed by atoms with van der Waals surface area (Å²) in [6, 6.07) is 8.63. The second-order valence-corrected chi connectivity index (χ2v) is 5.59. The van der Waals surface area contributed by atoms with Crippen molar-refractivity contribution in [1.82, 2.24) is 4.72 Å². The number of hydrogen-bond donors (Lipinski definition) is 3. The average Bonchev–Trinajstić information content (AvgIpc) is 2.29. The highest BCUT2D eigenvalue weighted by molar-refractivity contribution is 7.88. The van der Waals surface area contributed by atoms with Crippen LogP contribution in [-0.2, 0) is 20.6 Å². The molecule has 0 unspecified atom stereocenters. The van der Waals surface area contributed by atoms with Crippen LogP contribution in [0.1, 0.15) is 12.0 Å². The first-order valence-corrected chi connectivity index (χ1v) is 6.98. The number of benzene rings is 1. The van der Waals surface area contributed by atoms with Crippen LogP contribution in [0.25, 0.3) is 0 Å². The zero-order valence-electron chi connectivity index (χ0n) is 9.61. The fraction of sp³-hybridized carbons (Fsp3) is 0.364.